The van der Waals surface area contributed by atoms with Crippen molar-refractivity contribution in [3.8, 4) is 10.6 Å². The van der Waals surface area contributed by atoms with Gasteiger partial charge in [-0.3, -0.25) is 9.78 Å². The number of hydrogen-bond acceptors (Lipinski definition) is 5. The molecule has 0 radical (unpaired) electrons. The number of amides is 1. The number of hydrogen-bond donors (Lipinski definition) is 1. The molecule has 0 unspecified atom stereocenters. The van der Waals surface area contributed by atoms with Crippen molar-refractivity contribution in [2.75, 3.05) is 23.3 Å². The van der Waals surface area contributed by atoms with Gasteiger partial charge in [-0.25, -0.2) is 4.98 Å². The molecule has 1 aliphatic rings. The zero-order valence-electron chi connectivity index (χ0n) is 15.3. The zero-order valence-corrected chi connectivity index (χ0v) is 16.1. The van der Waals surface area contributed by atoms with E-state index in [1.54, 1.807) is 23.7 Å². The van der Waals surface area contributed by atoms with Crippen LogP contribution in [0.4, 0.5) is 11.4 Å². The van der Waals surface area contributed by atoms with Crippen molar-refractivity contribution in [1.29, 1.82) is 0 Å². The van der Waals surface area contributed by atoms with Crippen LogP contribution in [0.3, 0.4) is 0 Å². The van der Waals surface area contributed by atoms with E-state index in [1.807, 2.05) is 31.2 Å². The Labute approximate surface area is 163 Å². The molecule has 3 heterocycles. The number of thiazole rings is 1. The number of rotatable bonds is 5. The highest BCUT2D eigenvalue weighted by Gasteiger charge is 2.14. The van der Waals surface area contributed by atoms with E-state index in [-0.39, 0.29) is 5.91 Å². The van der Waals surface area contributed by atoms with Crippen LogP contribution in [-0.2, 0) is 11.2 Å². The first-order chi connectivity index (χ1) is 13.2. The standard InChI is InChI=1S/C21H22N4OS/c1-15-19(27-21(23-15)16-5-4-10-22-14-16)13-20(26)24-17-6-8-18(9-7-17)25-11-2-3-12-25/h4-10,14H,2-3,11-13H2,1H3,(H,24,26). The number of pyridine rings is 1. The van der Waals surface area contributed by atoms with Crippen molar-refractivity contribution in [3.05, 3.63) is 59.4 Å². The van der Waals surface area contributed by atoms with Crippen LogP contribution in [0, 0.1) is 6.92 Å². The van der Waals surface area contributed by atoms with Gasteiger partial charge < -0.3 is 10.2 Å². The highest BCUT2D eigenvalue weighted by Crippen LogP contribution is 2.28. The highest BCUT2D eigenvalue weighted by molar-refractivity contribution is 7.15. The molecule has 3 aromatic rings. The van der Waals surface area contributed by atoms with E-state index in [0.717, 1.165) is 39.9 Å². The molecule has 0 atom stereocenters. The number of carbonyl (C=O) groups is 1. The van der Waals surface area contributed by atoms with E-state index in [0.29, 0.717) is 6.42 Å². The third-order valence-corrected chi connectivity index (χ3v) is 5.95. The number of anilines is 2. The molecule has 6 heteroatoms. The summed E-state index contributed by atoms with van der Waals surface area (Å²) in [6.07, 6.45) is 6.39. The summed E-state index contributed by atoms with van der Waals surface area (Å²) >= 11 is 1.55. The Morgan fingerprint density at radius 1 is 1.19 bits per heavy atom. The third kappa shape index (κ3) is 4.17. The van der Waals surface area contributed by atoms with Crippen molar-refractivity contribution < 1.29 is 4.79 Å². The summed E-state index contributed by atoms with van der Waals surface area (Å²) in [4.78, 5) is 24.6. The molecule has 0 aliphatic carbocycles. The van der Waals surface area contributed by atoms with Crippen molar-refractivity contribution in [3.63, 3.8) is 0 Å². The van der Waals surface area contributed by atoms with E-state index in [2.05, 4.69) is 32.3 Å². The van der Waals surface area contributed by atoms with Gasteiger partial charge in [0.2, 0.25) is 5.91 Å². The summed E-state index contributed by atoms with van der Waals surface area (Å²) < 4.78 is 0. The number of aromatic nitrogens is 2. The molecule has 1 aromatic carbocycles. The second-order valence-corrected chi connectivity index (χ2v) is 7.82. The molecule has 1 amide bonds. The molecule has 27 heavy (non-hydrogen) atoms. The Hall–Kier alpha value is -2.73. The molecule has 1 N–H and O–H groups in total. The van der Waals surface area contributed by atoms with Crippen LogP contribution in [0.15, 0.2) is 48.8 Å². The van der Waals surface area contributed by atoms with E-state index in [1.165, 1.54) is 18.5 Å². The predicted octanol–water partition coefficient (Wildman–Crippen LogP) is 4.29. The largest absolute Gasteiger partial charge is 0.372 e. The molecule has 4 rings (SSSR count). The molecule has 0 saturated carbocycles. The van der Waals surface area contributed by atoms with Gasteiger partial charge >= 0.3 is 0 Å². The number of aryl methyl sites for hydroxylation is 1. The summed E-state index contributed by atoms with van der Waals surface area (Å²) in [5.74, 6) is -0.0200. The summed E-state index contributed by atoms with van der Waals surface area (Å²) in [6.45, 7) is 4.19. The fourth-order valence-corrected chi connectivity index (χ4v) is 4.34. The first kappa shape index (κ1) is 17.7. The molecule has 0 bridgehead atoms. The summed E-state index contributed by atoms with van der Waals surface area (Å²) in [7, 11) is 0. The maximum absolute atomic E-state index is 12.5. The van der Waals surface area contributed by atoms with Crippen LogP contribution in [0.1, 0.15) is 23.4 Å². The van der Waals surface area contributed by atoms with Gasteiger partial charge in [0.25, 0.3) is 0 Å². The van der Waals surface area contributed by atoms with Crippen molar-refractivity contribution in [1.82, 2.24) is 9.97 Å². The topological polar surface area (TPSA) is 58.1 Å². The minimum absolute atomic E-state index is 0.0200. The van der Waals surface area contributed by atoms with E-state index < -0.39 is 0 Å². The molecule has 1 fully saturated rings. The smallest absolute Gasteiger partial charge is 0.229 e. The Balaban J connectivity index is 1.40. The van der Waals surface area contributed by atoms with E-state index in [9.17, 15) is 4.79 Å². The van der Waals surface area contributed by atoms with Gasteiger partial charge in [0.15, 0.2) is 0 Å². The van der Waals surface area contributed by atoms with Crippen molar-refractivity contribution in [2.24, 2.45) is 0 Å². The number of nitrogens with zero attached hydrogens (tertiary/aromatic N) is 3. The monoisotopic (exact) mass is 378 g/mol. The van der Waals surface area contributed by atoms with Crippen LogP contribution in [0.25, 0.3) is 10.6 Å². The SMILES string of the molecule is Cc1nc(-c2cccnc2)sc1CC(=O)Nc1ccc(N2CCCC2)cc1. The lowest BCUT2D eigenvalue weighted by molar-refractivity contribution is -0.115. The molecular formula is C21H22N4OS. The normalized spacial score (nSPS) is 13.7. The Kier molecular flexibility index (Phi) is 5.16. The van der Waals surface area contributed by atoms with Crippen LogP contribution in [0.2, 0.25) is 0 Å². The Morgan fingerprint density at radius 2 is 1.96 bits per heavy atom. The maximum atomic E-state index is 12.5. The van der Waals surface area contributed by atoms with E-state index in [4.69, 9.17) is 0 Å². The number of nitrogens with one attached hydrogen (secondary N) is 1. The van der Waals surface area contributed by atoms with Gasteiger partial charge in [0.05, 0.1) is 12.1 Å². The highest BCUT2D eigenvalue weighted by atomic mass is 32.1. The van der Waals surface area contributed by atoms with Crippen LogP contribution >= 0.6 is 11.3 Å². The van der Waals surface area contributed by atoms with Gasteiger partial charge in [0, 0.05) is 47.3 Å². The first-order valence-corrected chi connectivity index (χ1v) is 10.0. The van der Waals surface area contributed by atoms with Crippen molar-refractivity contribution in [2.45, 2.75) is 26.2 Å². The number of benzene rings is 1. The van der Waals surface area contributed by atoms with Crippen LogP contribution < -0.4 is 10.2 Å². The maximum Gasteiger partial charge on any atom is 0.229 e. The molecule has 138 valence electrons. The van der Waals surface area contributed by atoms with Crippen LogP contribution in [0.5, 0.6) is 0 Å². The number of carbonyl (C=O) groups excluding carboxylic acids is 1. The molecule has 1 saturated heterocycles. The predicted molar refractivity (Wildman–Crippen MR) is 110 cm³/mol. The minimum Gasteiger partial charge on any atom is -0.372 e. The van der Waals surface area contributed by atoms with Gasteiger partial charge in [0.1, 0.15) is 5.01 Å². The van der Waals surface area contributed by atoms with Gasteiger partial charge in [-0.2, -0.15) is 0 Å². The lowest BCUT2D eigenvalue weighted by atomic mass is 10.2. The van der Waals surface area contributed by atoms with Gasteiger partial charge in [-0.1, -0.05) is 0 Å². The lowest BCUT2D eigenvalue weighted by Crippen LogP contribution is -2.18. The third-order valence-electron chi connectivity index (χ3n) is 4.74. The average molecular weight is 379 g/mol. The lowest BCUT2D eigenvalue weighted by Gasteiger charge is -2.17. The molecule has 2 aromatic heterocycles. The molecular weight excluding hydrogens is 356 g/mol. The quantitative estimate of drug-likeness (QED) is 0.719. The Bertz CT molecular complexity index is 915. The zero-order chi connectivity index (χ0) is 18.6. The fourth-order valence-electron chi connectivity index (χ4n) is 3.29. The van der Waals surface area contributed by atoms with Crippen LogP contribution in [-0.4, -0.2) is 29.0 Å². The average Bonchev–Trinajstić information content (AvgIpc) is 3.34. The second kappa shape index (κ2) is 7.88. The van der Waals surface area contributed by atoms with E-state index >= 15 is 0 Å². The second-order valence-electron chi connectivity index (χ2n) is 6.74. The summed E-state index contributed by atoms with van der Waals surface area (Å²) in [5.41, 5.74) is 3.94. The minimum atomic E-state index is -0.0200. The van der Waals surface area contributed by atoms with Gasteiger partial charge in [-0.05, 0) is 56.2 Å². The van der Waals surface area contributed by atoms with Crippen molar-refractivity contribution >= 4 is 28.6 Å². The molecule has 0 spiro atoms. The summed E-state index contributed by atoms with van der Waals surface area (Å²) in [6, 6.07) is 12.0. The summed E-state index contributed by atoms with van der Waals surface area (Å²) in [5, 5.41) is 3.89. The Morgan fingerprint density at radius 3 is 2.67 bits per heavy atom. The molecule has 5 nitrogen and oxygen atoms in total. The first-order valence-electron chi connectivity index (χ1n) is 9.20. The fraction of sp³-hybridized carbons (Fsp3) is 0.286. The molecule has 1 aliphatic heterocycles. The van der Waals surface area contributed by atoms with Gasteiger partial charge in [-0.15, -0.1) is 11.3 Å².